The Hall–Kier alpha value is -3.09. The number of nitrogens with one attached hydrogen (secondary N) is 2. The molecule has 1 aromatic carbocycles. The van der Waals surface area contributed by atoms with Gasteiger partial charge in [-0.1, -0.05) is 12.1 Å². The Kier molecular flexibility index (Phi) is 6.33. The highest BCUT2D eigenvalue weighted by atomic mass is 16.3. The van der Waals surface area contributed by atoms with Crippen molar-refractivity contribution >= 4 is 23.4 Å². The average Bonchev–Trinajstić information content (AvgIpc) is 3.05. The second-order valence-corrected chi connectivity index (χ2v) is 5.65. The molecule has 0 aliphatic heterocycles. The van der Waals surface area contributed by atoms with E-state index in [-0.39, 0.29) is 31.4 Å². The Morgan fingerprint density at radius 1 is 1.12 bits per heavy atom. The number of nitrogens with zero attached hydrogens (tertiary/aromatic N) is 1. The molecule has 2 N–H and O–H groups in total. The first-order valence-corrected chi connectivity index (χ1v) is 7.85. The van der Waals surface area contributed by atoms with Crippen LogP contribution in [0.3, 0.4) is 0 Å². The molecule has 2 rings (SSSR count). The molecule has 7 heteroatoms. The third-order valence-corrected chi connectivity index (χ3v) is 3.45. The maximum absolute atomic E-state index is 12.0. The van der Waals surface area contributed by atoms with Crippen LogP contribution in [0.25, 0.3) is 0 Å². The van der Waals surface area contributed by atoms with Gasteiger partial charge in [0.25, 0.3) is 0 Å². The van der Waals surface area contributed by atoms with Crippen molar-refractivity contribution < 1.29 is 18.8 Å². The van der Waals surface area contributed by atoms with E-state index >= 15 is 0 Å². The molecule has 0 radical (unpaired) electrons. The van der Waals surface area contributed by atoms with E-state index in [0.717, 1.165) is 5.56 Å². The third-order valence-electron chi connectivity index (χ3n) is 3.45. The van der Waals surface area contributed by atoms with E-state index in [9.17, 15) is 14.4 Å². The Bertz CT molecular complexity index is 741. The zero-order chi connectivity index (χ0) is 18.2. The van der Waals surface area contributed by atoms with Gasteiger partial charge in [0.1, 0.15) is 5.76 Å². The minimum absolute atomic E-state index is 0.145. The number of rotatable bonds is 7. The fraction of sp³-hybridized carbons (Fsp3) is 0.278. The van der Waals surface area contributed by atoms with Crippen LogP contribution in [0, 0.1) is 6.92 Å². The number of hydrogen-bond acceptors (Lipinski definition) is 4. The lowest BCUT2D eigenvalue weighted by molar-refractivity contribution is -0.135. The summed E-state index contributed by atoms with van der Waals surface area (Å²) in [6.45, 7) is 3.19. The fourth-order valence-corrected chi connectivity index (χ4v) is 2.21. The van der Waals surface area contributed by atoms with Gasteiger partial charge in [0.15, 0.2) is 0 Å². The van der Waals surface area contributed by atoms with Crippen LogP contribution in [0.15, 0.2) is 47.1 Å². The van der Waals surface area contributed by atoms with Gasteiger partial charge in [-0.05, 0) is 36.8 Å². The summed E-state index contributed by atoms with van der Waals surface area (Å²) in [6, 6.07) is 10.8. The zero-order valence-corrected chi connectivity index (χ0v) is 14.2. The summed E-state index contributed by atoms with van der Waals surface area (Å²) in [7, 11) is 0. The molecule has 0 saturated carbocycles. The molecule has 1 aromatic heterocycles. The normalized spacial score (nSPS) is 10.2. The number of carbonyl (C=O) groups is 3. The van der Waals surface area contributed by atoms with E-state index in [2.05, 4.69) is 10.6 Å². The Morgan fingerprint density at radius 3 is 2.56 bits per heavy atom. The van der Waals surface area contributed by atoms with Crippen molar-refractivity contribution in [2.24, 2.45) is 0 Å². The Labute approximate surface area is 146 Å². The molecule has 7 nitrogen and oxygen atoms in total. The summed E-state index contributed by atoms with van der Waals surface area (Å²) < 4.78 is 5.18. The number of benzene rings is 1. The average molecular weight is 343 g/mol. The van der Waals surface area contributed by atoms with Crippen molar-refractivity contribution in [2.75, 3.05) is 18.4 Å². The first-order chi connectivity index (χ1) is 11.9. The molecule has 0 bridgehead atoms. The van der Waals surface area contributed by atoms with Crippen molar-refractivity contribution in [3.8, 4) is 0 Å². The molecule has 0 unspecified atom stereocenters. The van der Waals surface area contributed by atoms with Crippen LogP contribution in [0.2, 0.25) is 0 Å². The van der Waals surface area contributed by atoms with Gasteiger partial charge in [-0.2, -0.15) is 0 Å². The highest BCUT2D eigenvalue weighted by Crippen LogP contribution is 2.09. The van der Waals surface area contributed by atoms with E-state index in [0.29, 0.717) is 11.4 Å². The number of carbonyl (C=O) groups excluding carboxylic acids is 3. The van der Waals surface area contributed by atoms with Crippen LogP contribution in [-0.4, -0.2) is 35.7 Å². The molecule has 25 heavy (non-hydrogen) atoms. The monoisotopic (exact) mass is 343 g/mol. The molecule has 1 heterocycles. The van der Waals surface area contributed by atoms with Crippen molar-refractivity contribution in [3.05, 3.63) is 54.0 Å². The molecule has 2 aromatic rings. The number of furan rings is 1. The van der Waals surface area contributed by atoms with Crippen LogP contribution in [0.4, 0.5) is 5.69 Å². The molecule has 0 atom stereocenters. The molecule has 3 amide bonds. The fourth-order valence-electron chi connectivity index (χ4n) is 2.21. The van der Waals surface area contributed by atoms with E-state index in [1.54, 1.807) is 18.2 Å². The maximum atomic E-state index is 12.0. The highest BCUT2D eigenvalue weighted by Gasteiger charge is 2.16. The lowest BCUT2D eigenvalue weighted by atomic mass is 10.2. The molecule has 0 aliphatic rings. The summed E-state index contributed by atoms with van der Waals surface area (Å²) in [6.07, 6.45) is 1.50. The van der Waals surface area contributed by atoms with E-state index in [1.807, 2.05) is 25.1 Å². The second-order valence-electron chi connectivity index (χ2n) is 5.65. The summed E-state index contributed by atoms with van der Waals surface area (Å²) in [5.74, 6) is -0.420. The van der Waals surface area contributed by atoms with Gasteiger partial charge in [-0.15, -0.1) is 0 Å². The summed E-state index contributed by atoms with van der Waals surface area (Å²) in [5, 5.41) is 5.21. The lowest BCUT2D eigenvalue weighted by Crippen LogP contribution is -2.41. The summed E-state index contributed by atoms with van der Waals surface area (Å²) >= 11 is 0. The van der Waals surface area contributed by atoms with Gasteiger partial charge in [0.2, 0.25) is 17.7 Å². The second kappa shape index (κ2) is 8.68. The van der Waals surface area contributed by atoms with E-state index < -0.39 is 5.91 Å². The SMILES string of the molecule is CC(=O)N(CC(=O)NCC(=O)Nc1cccc(C)c1)Cc1ccco1. The molecule has 132 valence electrons. The maximum Gasteiger partial charge on any atom is 0.243 e. The van der Waals surface area contributed by atoms with Gasteiger partial charge < -0.3 is 20.0 Å². The standard InChI is InChI=1S/C18H21N3O4/c1-13-5-3-6-15(9-13)20-17(23)10-19-18(24)12-21(14(2)22)11-16-7-4-8-25-16/h3-9H,10-12H2,1-2H3,(H,19,24)(H,20,23). The smallest absolute Gasteiger partial charge is 0.243 e. The number of anilines is 1. The van der Waals surface area contributed by atoms with Gasteiger partial charge in [-0.25, -0.2) is 0 Å². The molecular formula is C18H21N3O4. The molecule has 0 fully saturated rings. The molecule has 0 saturated heterocycles. The Morgan fingerprint density at radius 2 is 1.92 bits per heavy atom. The van der Waals surface area contributed by atoms with Crippen LogP contribution < -0.4 is 10.6 Å². The van der Waals surface area contributed by atoms with Crippen LogP contribution in [0.5, 0.6) is 0 Å². The minimum Gasteiger partial charge on any atom is -0.467 e. The first-order valence-electron chi connectivity index (χ1n) is 7.85. The third kappa shape index (κ3) is 6.14. The number of amides is 3. The predicted molar refractivity (Wildman–Crippen MR) is 92.6 cm³/mol. The largest absolute Gasteiger partial charge is 0.467 e. The van der Waals surface area contributed by atoms with E-state index in [4.69, 9.17) is 4.42 Å². The van der Waals surface area contributed by atoms with Crippen LogP contribution >= 0.6 is 0 Å². The number of aryl methyl sites for hydroxylation is 1. The van der Waals surface area contributed by atoms with Crippen LogP contribution in [0.1, 0.15) is 18.2 Å². The van der Waals surface area contributed by atoms with Crippen LogP contribution in [-0.2, 0) is 20.9 Å². The van der Waals surface area contributed by atoms with E-state index in [1.165, 1.54) is 18.1 Å². The van der Waals surface area contributed by atoms with Crippen molar-refractivity contribution in [3.63, 3.8) is 0 Å². The minimum atomic E-state index is -0.416. The first kappa shape index (κ1) is 18.3. The zero-order valence-electron chi connectivity index (χ0n) is 14.2. The predicted octanol–water partition coefficient (Wildman–Crippen LogP) is 1.69. The Balaban J connectivity index is 1.80. The lowest BCUT2D eigenvalue weighted by Gasteiger charge is -2.19. The quantitative estimate of drug-likeness (QED) is 0.800. The molecule has 0 aliphatic carbocycles. The van der Waals surface area contributed by atoms with Crippen molar-refractivity contribution in [2.45, 2.75) is 20.4 Å². The molecule has 0 spiro atoms. The van der Waals surface area contributed by atoms with Gasteiger partial charge in [0, 0.05) is 12.6 Å². The van der Waals surface area contributed by atoms with Crippen molar-refractivity contribution in [1.29, 1.82) is 0 Å². The van der Waals surface area contributed by atoms with Gasteiger partial charge in [0.05, 0.1) is 25.9 Å². The van der Waals surface area contributed by atoms with Gasteiger partial charge >= 0.3 is 0 Å². The summed E-state index contributed by atoms with van der Waals surface area (Å²) in [4.78, 5) is 36.8. The molecular weight excluding hydrogens is 322 g/mol. The number of hydrogen-bond donors (Lipinski definition) is 2. The van der Waals surface area contributed by atoms with Crippen molar-refractivity contribution in [1.82, 2.24) is 10.2 Å². The highest BCUT2D eigenvalue weighted by molar-refractivity contribution is 5.95. The topological polar surface area (TPSA) is 91.7 Å². The summed E-state index contributed by atoms with van der Waals surface area (Å²) in [5.41, 5.74) is 1.69. The van der Waals surface area contributed by atoms with Gasteiger partial charge in [-0.3, -0.25) is 14.4 Å².